The highest BCUT2D eigenvalue weighted by atomic mass is 32.2. The summed E-state index contributed by atoms with van der Waals surface area (Å²) in [6, 6.07) is 5.87. The van der Waals surface area contributed by atoms with Crippen molar-refractivity contribution in [2.75, 3.05) is 31.1 Å². The number of carbonyl (C=O) groups is 6. The number of Topliss-reactive ketones (excluding diaryl/α,β-unsaturated/α-hetero) is 2. The quantitative estimate of drug-likeness (QED) is 0.253. The van der Waals surface area contributed by atoms with Crippen LogP contribution in [0.25, 0.3) is 0 Å². The van der Waals surface area contributed by atoms with Crippen LogP contribution in [0.1, 0.15) is 44.7 Å². The molecular weight excluding hydrogens is 542 g/mol. The number of nitrogens with zero attached hydrogens (tertiary/aromatic N) is 1. The topological polar surface area (TPSA) is 168 Å². The number of hydrogen-bond acceptors (Lipinski definition) is 9. The summed E-state index contributed by atoms with van der Waals surface area (Å²) in [5.41, 5.74) is 6.17. The minimum Gasteiger partial charge on any atom is -0.344 e. The van der Waals surface area contributed by atoms with Gasteiger partial charge in [-0.25, -0.2) is 0 Å². The van der Waals surface area contributed by atoms with Crippen LogP contribution in [-0.4, -0.2) is 87.4 Å². The van der Waals surface area contributed by atoms with Gasteiger partial charge in [0.15, 0.2) is 5.78 Å². The Labute approximate surface area is 236 Å². The summed E-state index contributed by atoms with van der Waals surface area (Å²) in [7, 11) is 0. The number of likely N-dealkylation sites (tertiary alicyclic amines) is 1. The van der Waals surface area contributed by atoms with Gasteiger partial charge >= 0.3 is 0 Å². The second-order valence-corrected chi connectivity index (χ2v) is 12.7. The number of hydrogen-bond donors (Lipinski definition) is 4. The predicted molar refractivity (Wildman–Crippen MR) is 150 cm³/mol. The molecule has 2 unspecified atom stereocenters. The number of nitrogens with one attached hydrogen (secondary N) is 3. The van der Waals surface area contributed by atoms with E-state index in [0.717, 1.165) is 11.5 Å². The maximum absolute atomic E-state index is 13.3. The minimum atomic E-state index is -1.12. The molecule has 39 heavy (non-hydrogen) atoms. The fourth-order valence-corrected chi connectivity index (χ4v) is 7.92. The second kappa shape index (κ2) is 13.9. The molecule has 2 aliphatic heterocycles. The lowest BCUT2D eigenvalue weighted by molar-refractivity contribution is -0.142. The molecule has 2 fully saturated rings. The standard InChI is InChI=1S/C26H35N5O6S2/c1-3-7-18(29-24(36)19-12-26(38-10-11-39-26)15-31(19)21(34)13-27)23(35)25(37)28-14-20(33)30-22(16(2)32)17-8-5-4-6-9-17/h4-6,8-9,18-19,22H,3,7,10-15,27H2,1-2H3,(H,28,37)(H,29,36)(H,30,33)/t18?,19-,22?/m0/s1. The number of benzene rings is 1. The van der Waals surface area contributed by atoms with Crippen molar-refractivity contribution in [2.45, 2.75) is 55.3 Å². The van der Waals surface area contributed by atoms with E-state index in [1.165, 1.54) is 11.8 Å². The van der Waals surface area contributed by atoms with E-state index in [1.54, 1.807) is 53.9 Å². The lowest BCUT2D eigenvalue weighted by atomic mass is 10.0. The first kappa shape index (κ1) is 30.6. The van der Waals surface area contributed by atoms with Gasteiger partial charge in [0.25, 0.3) is 5.91 Å². The lowest BCUT2D eigenvalue weighted by Crippen LogP contribution is -2.54. The Hall–Kier alpha value is -2.90. The Morgan fingerprint density at radius 3 is 2.33 bits per heavy atom. The van der Waals surface area contributed by atoms with Gasteiger partial charge in [-0.05, 0) is 18.9 Å². The third-order valence-electron chi connectivity index (χ3n) is 6.59. The van der Waals surface area contributed by atoms with E-state index in [-0.39, 0.29) is 28.7 Å². The Balaban J connectivity index is 1.60. The van der Waals surface area contributed by atoms with Gasteiger partial charge in [0, 0.05) is 24.5 Å². The number of amides is 4. The van der Waals surface area contributed by atoms with Crippen LogP contribution >= 0.6 is 23.5 Å². The highest BCUT2D eigenvalue weighted by Gasteiger charge is 2.51. The van der Waals surface area contributed by atoms with E-state index >= 15 is 0 Å². The largest absolute Gasteiger partial charge is 0.344 e. The molecule has 11 nitrogen and oxygen atoms in total. The summed E-state index contributed by atoms with van der Waals surface area (Å²) in [6.45, 7) is 2.79. The van der Waals surface area contributed by atoms with E-state index < -0.39 is 48.2 Å². The third kappa shape index (κ3) is 7.83. The van der Waals surface area contributed by atoms with Gasteiger partial charge in [-0.3, -0.25) is 28.8 Å². The zero-order valence-corrected chi connectivity index (χ0v) is 23.7. The van der Waals surface area contributed by atoms with Gasteiger partial charge in [0.05, 0.1) is 23.2 Å². The summed E-state index contributed by atoms with van der Waals surface area (Å²) < 4.78 is -0.278. The Bertz CT molecular complexity index is 1100. The fourth-order valence-electron chi connectivity index (χ4n) is 4.67. The van der Waals surface area contributed by atoms with E-state index in [4.69, 9.17) is 5.73 Å². The smallest absolute Gasteiger partial charge is 0.290 e. The maximum Gasteiger partial charge on any atom is 0.290 e. The van der Waals surface area contributed by atoms with Crippen LogP contribution in [0.15, 0.2) is 30.3 Å². The first-order chi connectivity index (χ1) is 18.6. The number of ketones is 2. The van der Waals surface area contributed by atoms with Crippen LogP contribution in [0.2, 0.25) is 0 Å². The van der Waals surface area contributed by atoms with Crippen LogP contribution in [0.3, 0.4) is 0 Å². The van der Waals surface area contributed by atoms with Crippen molar-refractivity contribution in [3.8, 4) is 0 Å². The molecular formula is C26H35N5O6S2. The van der Waals surface area contributed by atoms with E-state index in [9.17, 15) is 28.8 Å². The zero-order valence-electron chi connectivity index (χ0n) is 22.1. The second-order valence-electron chi connectivity index (χ2n) is 9.47. The molecule has 1 aromatic rings. The Morgan fingerprint density at radius 2 is 1.74 bits per heavy atom. The van der Waals surface area contributed by atoms with E-state index in [1.807, 2.05) is 6.92 Å². The first-order valence-electron chi connectivity index (χ1n) is 12.9. The predicted octanol–water partition coefficient (Wildman–Crippen LogP) is 0.139. The summed E-state index contributed by atoms with van der Waals surface area (Å²) in [5, 5.41) is 7.51. The van der Waals surface area contributed by atoms with Gasteiger partial charge in [-0.1, -0.05) is 43.7 Å². The summed E-state index contributed by atoms with van der Waals surface area (Å²) >= 11 is 3.43. The van der Waals surface area contributed by atoms with Crippen LogP contribution < -0.4 is 21.7 Å². The maximum atomic E-state index is 13.3. The molecule has 0 aliphatic carbocycles. The molecule has 2 aliphatic rings. The average molecular weight is 578 g/mol. The molecule has 2 saturated heterocycles. The van der Waals surface area contributed by atoms with Crippen molar-refractivity contribution in [3.63, 3.8) is 0 Å². The fraction of sp³-hybridized carbons (Fsp3) is 0.538. The normalized spacial score (nSPS) is 19.3. The zero-order chi connectivity index (χ0) is 28.6. The number of nitrogens with two attached hydrogens (primary N) is 1. The highest BCUT2D eigenvalue weighted by molar-refractivity contribution is 8.21. The molecule has 212 valence electrons. The van der Waals surface area contributed by atoms with Crippen molar-refractivity contribution >= 4 is 58.7 Å². The van der Waals surface area contributed by atoms with Crippen LogP contribution in [0.5, 0.6) is 0 Å². The molecule has 0 aromatic heterocycles. The van der Waals surface area contributed by atoms with E-state index in [2.05, 4.69) is 16.0 Å². The molecule has 1 spiro atoms. The molecule has 0 bridgehead atoms. The number of thioether (sulfide) groups is 2. The Kier molecular flexibility index (Phi) is 11.0. The molecule has 5 N–H and O–H groups in total. The first-order valence-corrected chi connectivity index (χ1v) is 14.8. The number of rotatable bonds is 12. The van der Waals surface area contributed by atoms with Crippen LogP contribution in [-0.2, 0) is 28.8 Å². The van der Waals surface area contributed by atoms with Crippen molar-refractivity contribution in [1.29, 1.82) is 0 Å². The van der Waals surface area contributed by atoms with Crippen molar-refractivity contribution < 1.29 is 28.8 Å². The number of carbonyl (C=O) groups excluding carboxylic acids is 6. The van der Waals surface area contributed by atoms with Gasteiger partial charge in [0.2, 0.25) is 23.5 Å². The molecule has 2 heterocycles. The van der Waals surface area contributed by atoms with Crippen molar-refractivity contribution in [3.05, 3.63) is 35.9 Å². The summed E-state index contributed by atoms with van der Waals surface area (Å²) in [6.07, 6.45) is 1.14. The summed E-state index contributed by atoms with van der Waals surface area (Å²) in [5.74, 6) is -1.85. The van der Waals surface area contributed by atoms with Gasteiger partial charge in [-0.2, -0.15) is 0 Å². The SMILES string of the molecule is CCCC(NC(=O)[C@@H]1CC2(CN1C(=O)CN)SCCS2)C(=O)C(=O)NCC(=O)NC(C(C)=O)c1ccccc1. The molecule has 3 atom stereocenters. The molecule has 1 aromatic carbocycles. The molecule has 4 amide bonds. The molecule has 0 saturated carbocycles. The average Bonchev–Trinajstić information content (AvgIpc) is 3.56. The Morgan fingerprint density at radius 1 is 1.08 bits per heavy atom. The van der Waals surface area contributed by atoms with E-state index in [0.29, 0.717) is 24.9 Å². The lowest BCUT2D eigenvalue weighted by Gasteiger charge is -2.25. The monoisotopic (exact) mass is 577 g/mol. The summed E-state index contributed by atoms with van der Waals surface area (Å²) in [4.78, 5) is 77.3. The van der Waals surface area contributed by atoms with Gasteiger partial charge in [0.1, 0.15) is 12.1 Å². The van der Waals surface area contributed by atoms with Crippen molar-refractivity contribution in [1.82, 2.24) is 20.9 Å². The van der Waals surface area contributed by atoms with Crippen LogP contribution in [0, 0.1) is 0 Å². The molecule has 13 heteroatoms. The minimum absolute atomic E-state index is 0.205. The molecule has 0 radical (unpaired) electrons. The molecule has 3 rings (SSSR count). The highest BCUT2D eigenvalue weighted by Crippen LogP contribution is 2.51. The van der Waals surface area contributed by atoms with Crippen molar-refractivity contribution in [2.24, 2.45) is 5.73 Å². The van der Waals surface area contributed by atoms with Gasteiger partial charge in [-0.15, -0.1) is 23.5 Å². The van der Waals surface area contributed by atoms with Gasteiger partial charge < -0.3 is 26.6 Å². The third-order valence-corrected chi connectivity index (χ3v) is 10.0. The van der Waals surface area contributed by atoms with Crippen LogP contribution in [0.4, 0.5) is 0 Å².